The van der Waals surface area contributed by atoms with E-state index in [-0.39, 0.29) is 6.10 Å². The number of rotatable bonds is 2. The molecule has 0 N–H and O–H groups in total. The van der Waals surface area contributed by atoms with Crippen molar-refractivity contribution >= 4 is 0 Å². The molecule has 1 aliphatic rings. The lowest BCUT2D eigenvalue weighted by molar-refractivity contribution is -0.137. The van der Waals surface area contributed by atoms with E-state index in [4.69, 9.17) is 10.00 Å². The van der Waals surface area contributed by atoms with Gasteiger partial charge in [0.15, 0.2) is 0 Å². The van der Waals surface area contributed by atoms with Crippen LogP contribution in [0.5, 0.6) is 5.75 Å². The van der Waals surface area contributed by atoms with E-state index in [2.05, 4.69) is 0 Å². The topological polar surface area (TPSA) is 33.0 Å². The van der Waals surface area contributed by atoms with Crippen molar-refractivity contribution in [1.29, 1.82) is 5.26 Å². The molecule has 1 unspecified atom stereocenters. The van der Waals surface area contributed by atoms with E-state index >= 15 is 0 Å². The van der Waals surface area contributed by atoms with Crippen molar-refractivity contribution in [2.75, 3.05) is 0 Å². The van der Waals surface area contributed by atoms with Crippen molar-refractivity contribution in [1.82, 2.24) is 0 Å². The van der Waals surface area contributed by atoms with Crippen molar-refractivity contribution in [2.24, 2.45) is 0 Å². The first-order valence-electron chi connectivity index (χ1n) is 6.46. The molecule has 1 aliphatic heterocycles. The molecule has 1 atom stereocenters. The van der Waals surface area contributed by atoms with Gasteiger partial charge in [-0.15, -0.1) is 0 Å². The SMILES string of the molecule is C/C=C(C#N)\C=C(/C)C1Cc2cc(C(F)(F)F)ccc2O1. The van der Waals surface area contributed by atoms with E-state index in [1.54, 1.807) is 19.1 Å². The van der Waals surface area contributed by atoms with Gasteiger partial charge in [0.2, 0.25) is 0 Å². The highest BCUT2D eigenvalue weighted by Gasteiger charge is 2.33. The van der Waals surface area contributed by atoms with Crippen LogP contribution < -0.4 is 4.74 Å². The fourth-order valence-corrected chi connectivity index (χ4v) is 2.20. The third-order valence-electron chi connectivity index (χ3n) is 3.39. The fourth-order valence-electron chi connectivity index (χ4n) is 2.20. The minimum Gasteiger partial charge on any atom is -0.485 e. The molecule has 0 spiro atoms. The zero-order chi connectivity index (χ0) is 15.6. The molecular formula is C16H14F3NO. The van der Waals surface area contributed by atoms with Gasteiger partial charge in [-0.25, -0.2) is 0 Å². The number of hydrogen-bond acceptors (Lipinski definition) is 2. The molecule has 5 heteroatoms. The summed E-state index contributed by atoms with van der Waals surface area (Å²) in [6, 6.07) is 5.54. The second-order valence-corrected chi connectivity index (χ2v) is 4.88. The number of allylic oxidation sites excluding steroid dienone is 3. The minimum atomic E-state index is -4.35. The van der Waals surface area contributed by atoms with Gasteiger partial charge in [-0.3, -0.25) is 0 Å². The second-order valence-electron chi connectivity index (χ2n) is 4.88. The standard InChI is InChI=1S/C16H14F3NO/c1-3-11(9-20)6-10(2)15-8-12-7-13(16(17,18)19)4-5-14(12)21-15/h3-7,15H,8H2,1-2H3/b10-6+,11-3+. The van der Waals surface area contributed by atoms with Gasteiger partial charge in [-0.1, -0.05) is 6.08 Å². The van der Waals surface area contributed by atoms with Crippen LogP contribution >= 0.6 is 0 Å². The predicted molar refractivity (Wildman–Crippen MR) is 72.7 cm³/mol. The molecule has 0 aliphatic carbocycles. The summed E-state index contributed by atoms with van der Waals surface area (Å²) < 4.78 is 43.7. The van der Waals surface area contributed by atoms with E-state index in [0.29, 0.717) is 23.3 Å². The highest BCUT2D eigenvalue weighted by Crippen LogP contribution is 2.37. The Hall–Kier alpha value is -2.22. The first-order chi connectivity index (χ1) is 9.85. The number of nitriles is 1. The Morgan fingerprint density at radius 2 is 2.14 bits per heavy atom. The lowest BCUT2D eigenvalue weighted by atomic mass is 10.0. The third-order valence-corrected chi connectivity index (χ3v) is 3.39. The van der Waals surface area contributed by atoms with Crippen LogP contribution in [-0.4, -0.2) is 6.10 Å². The van der Waals surface area contributed by atoms with E-state index in [1.807, 2.05) is 13.0 Å². The molecule has 0 saturated heterocycles. The lowest BCUT2D eigenvalue weighted by Crippen LogP contribution is -2.14. The molecule has 1 aromatic rings. The minimum absolute atomic E-state index is 0.327. The van der Waals surface area contributed by atoms with Gasteiger partial charge in [0.1, 0.15) is 11.9 Å². The summed E-state index contributed by atoms with van der Waals surface area (Å²) in [6.45, 7) is 3.56. The highest BCUT2D eigenvalue weighted by atomic mass is 19.4. The molecule has 0 fully saturated rings. The summed E-state index contributed by atoms with van der Waals surface area (Å²) in [4.78, 5) is 0. The fraction of sp³-hybridized carbons (Fsp3) is 0.312. The van der Waals surface area contributed by atoms with Gasteiger partial charge >= 0.3 is 6.18 Å². The Balaban J connectivity index is 2.22. The smallest absolute Gasteiger partial charge is 0.416 e. The van der Waals surface area contributed by atoms with Gasteiger partial charge in [0.05, 0.1) is 11.6 Å². The molecule has 2 rings (SSSR count). The monoisotopic (exact) mass is 293 g/mol. The quantitative estimate of drug-likeness (QED) is 0.597. The van der Waals surface area contributed by atoms with Gasteiger partial charge in [-0.05, 0) is 49.3 Å². The number of fused-ring (bicyclic) bond motifs is 1. The Bertz CT molecular complexity index is 650. The molecule has 1 aromatic carbocycles. The van der Waals surface area contributed by atoms with Crippen LogP contribution in [0.15, 0.2) is 41.5 Å². The van der Waals surface area contributed by atoms with E-state index in [0.717, 1.165) is 17.7 Å². The maximum absolute atomic E-state index is 12.7. The van der Waals surface area contributed by atoms with E-state index in [1.165, 1.54) is 6.07 Å². The average molecular weight is 293 g/mol. The Morgan fingerprint density at radius 3 is 2.71 bits per heavy atom. The van der Waals surface area contributed by atoms with Crippen LogP contribution in [0, 0.1) is 11.3 Å². The second kappa shape index (κ2) is 5.65. The van der Waals surface area contributed by atoms with Crippen LogP contribution in [0.3, 0.4) is 0 Å². The van der Waals surface area contributed by atoms with Crippen molar-refractivity contribution < 1.29 is 17.9 Å². The van der Waals surface area contributed by atoms with Gasteiger partial charge in [0.25, 0.3) is 0 Å². The van der Waals surface area contributed by atoms with Crippen LogP contribution in [0.4, 0.5) is 13.2 Å². The van der Waals surface area contributed by atoms with E-state index in [9.17, 15) is 13.2 Å². The summed E-state index contributed by atoms with van der Waals surface area (Å²) >= 11 is 0. The summed E-state index contributed by atoms with van der Waals surface area (Å²) in [5.74, 6) is 0.472. The van der Waals surface area contributed by atoms with Crippen molar-refractivity contribution in [3.05, 3.63) is 52.6 Å². The average Bonchev–Trinajstić information content (AvgIpc) is 2.86. The normalized spacial score (nSPS) is 19.0. The van der Waals surface area contributed by atoms with Crippen LogP contribution in [-0.2, 0) is 12.6 Å². The summed E-state index contributed by atoms with van der Waals surface area (Å²) in [5.41, 5.74) is 1.19. The van der Waals surface area contributed by atoms with Gasteiger partial charge < -0.3 is 4.74 Å². The summed E-state index contributed by atoms with van der Waals surface area (Å²) in [5, 5.41) is 8.89. The Kier molecular flexibility index (Phi) is 4.08. The van der Waals surface area contributed by atoms with Crippen molar-refractivity contribution in [2.45, 2.75) is 32.5 Å². The van der Waals surface area contributed by atoms with E-state index < -0.39 is 11.7 Å². The Labute approximate surface area is 121 Å². The number of ether oxygens (including phenoxy) is 1. The zero-order valence-electron chi connectivity index (χ0n) is 11.7. The largest absolute Gasteiger partial charge is 0.485 e. The number of alkyl halides is 3. The molecule has 1 heterocycles. The maximum atomic E-state index is 12.7. The number of hydrogen-bond donors (Lipinski definition) is 0. The lowest BCUT2D eigenvalue weighted by Gasteiger charge is -2.11. The summed E-state index contributed by atoms with van der Waals surface area (Å²) in [6.07, 6.45) is -0.929. The molecular weight excluding hydrogens is 279 g/mol. The molecule has 0 radical (unpaired) electrons. The third kappa shape index (κ3) is 3.27. The van der Waals surface area contributed by atoms with Crippen molar-refractivity contribution in [3.8, 4) is 11.8 Å². The number of nitrogens with zero attached hydrogens (tertiary/aromatic N) is 1. The predicted octanol–water partition coefficient (Wildman–Crippen LogP) is 4.43. The zero-order valence-corrected chi connectivity index (χ0v) is 11.7. The molecule has 21 heavy (non-hydrogen) atoms. The number of benzene rings is 1. The van der Waals surface area contributed by atoms with Crippen LogP contribution in [0.2, 0.25) is 0 Å². The molecule has 0 saturated carbocycles. The van der Waals surface area contributed by atoms with Crippen LogP contribution in [0.25, 0.3) is 0 Å². The Morgan fingerprint density at radius 1 is 1.43 bits per heavy atom. The maximum Gasteiger partial charge on any atom is 0.416 e. The molecule has 0 aromatic heterocycles. The molecule has 0 amide bonds. The highest BCUT2D eigenvalue weighted by molar-refractivity contribution is 5.44. The number of halogens is 3. The summed E-state index contributed by atoms with van der Waals surface area (Å²) in [7, 11) is 0. The first kappa shape index (κ1) is 15.2. The molecule has 0 bridgehead atoms. The van der Waals surface area contributed by atoms with Gasteiger partial charge in [-0.2, -0.15) is 18.4 Å². The molecule has 2 nitrogen and oxygen atoms in total. The molecule has 110 valence electrons. The van der Waals surface area contributed by atoms with Crippen molar-refractivity contribution in [3.63, 3.8) is 0 Å². The first-order valence-corrected chi connectivity index (χ1v) is 6.46. The van der Waals surface area contributed by atoms with Crippen LogP contribution in [0.1, 0.15) is 25.0 Å². The van der Waals surface area contributed by atoms with Gasteiger partial charge in [0, 0.05) is 12.0 Å².